The van der Waals surface area contributed by atoms with Gasteiger partial charge in [-0.2, -0.15) is 0 Å². The van der Waals surface area contributed by atoms with E-state index in [4.69, 9.17) is 4.74 Å². The summed E-state index contributed by atoms with van der Waals surface area (Å²) in [5.74, 6) is -1.07. The van der Waals surface area contributed by atoms with Crippen molar-refractivity contribution in [2.75, 3.05) is 0 Å². The Bertz CT molecular complexity index is 840. The normalized spacial score (nSPS) is 10.7. The number of benzene rings is 2. The summed E-state index contributed by atoms with van der Waals surface area (Å²) >= 11 is 1.47. The molecule has 2 aromatic carbocycles. The Morgan fingerprint density at radius 2 is 1.79 bits per heavy atom. The van der Waals surface area contributed by atoms with Crippen LogP contribution in [0.3, 0.4) is 0 Å². The van der Waals surface area contributed by atoms with E-state index in [2.05, 4.69) is 4.98 Å². The van der Waals surface area contributed by atoms with Gasteiger partial charge in [0.15, 0.2) is 5.78 Å². The van der Waals surface area contributed by atoms with Crippen LogP contribution in [-0.2, 0) is 16.1 Å². The number of para-hydroxylation sites is 1. The standard InChI is InChI=1S/C18H14FNO3S/c19-13-7-5-12(6-8-13)15(21)9-10-18(22)23-11-17-20-14-3-1-2-4-16(14)24-17/h1-8H,9-11H2. The lowest BCUT2D eigenvalue weighted by Gasteiger charge is -2.03. The molecule has 3 rings (SSSR count). The molecule has 0 aliphatic heterocycles. The number of carbonyl (C=O) groups excluding carboxylic acids is 2. The molecule has 0 saturated heterocycles. The molecule has 0 aliphatic rings. The van der Waals surface area contributed by atoms with Crippen molar-refractivity contribution in [2.45, 2.75) is 19.4 Å². The van der Waals surface area contributed by atoms with Gasteiger partial charge in [0.2, 0.25) is 0 Å². The van der Waals surface area contributed by atoms with Gasteiger partial charge in [0.05, 0.1) is 16.6 Å². The lowest BCUT2D eigenvalue weighted by Crippen LogP contribution is -2.08. The largest absolute Gasteiger partial charge is 0.458 e. The van der Waals surface area contributed by atoms with E-state index in [-0.39, 0.29) is 25.2 Å². The zero-order valence-electron chi connectivity index (χ0n) is 12.7. The molecule has 0 aliphatic carbocycles. The average molecular weight is 343 g/mol. The zero-order chi connectivity index (χ0) is 16.9. The average Bonchev–Trinajstić information content (AvgIpc) is 3.01. The molecule has 0 N–H and O–H groups in total. The first-order valence-electron chi connectivity index (χ1n) is 7.40. The Labute approximate surface area is 141 Å². The maximum atomic E-state index is 12.8. The third-order valence-corrected chi connectivity index (χ3v) is 4.43. The van der Waals surface area contributed by atoms with Crippen LogP contribution < -0.4 is 0 Å². The van der Waals surface area contributed by atoms with Gasteiger partial charge in [0.1, 0.15) is 17.4 Å². The molecule has 1 heterocycles. The monoisotopic (exact) mass is 343 g/mol. The summed E-state index contributed by atoms with van der Waals surface area (Å²) in [6.45, 7) is 0.100. The first kappa shape index (κ1) is 16.3. The molecule has 0 unspecified atom stereocenters. The molecular weight excluding hydrogens is 329 g/mol. The number of nitrogens with zero attached hydrogens (tertiary/aromatic N) is 1. The number of esters is 1. The first-order valence-corrected chi connectivity index (χ1v) is 8.22. The molecule has 122 valence electrons. The number of hydrogen-bond acceptors (Lipinski definition) is 5. The highest BCUT2D eigenvalue weighted by atomic mass is 32.1. The number of carbonyl (C=O) groups is 2. The summed E-state index contributed by atoms with van der Waals surface area (Å²) in [5.41, 5.74) is 1.26. The van der Waals surface area contributed by atoms with Crippen molar-refractivity contribution in [1.29, 1.82) is 0 Å². The van der Waals surface area contributed by atoms with Gasteiger partial charge in [-0.15, -0.1) is 11.3 Å². The molecule has 0 atom stereocenters. The topological polar surface area (TPSA) is 56.3 Å². The van der Waals surface area contributed by atoms with Gasteiger partial charge in [-0.25, -0.2) is 9.37 Å². The van der Waals surface area contributed by atoms with Crippen molar-refractivity contribution in [2.24, 2.45) is 0 Å². The molecule has 0 bridgehead atoms. The number of ketones is 1. The van der Waals surface area contributed by atoms with Crippen LogP contribution in [0.1, 0.15) is 28.2 Å². The fourth-order valence-electron chi connectivity index (χ4n) is 2.19. The van der Waals surface area contributed by atoms with Crippen LogP contribution in [0.25, 0.3) is 10.2 Å². The van der Waals surface area contributed by atoms with Crippen LogP contribution in [0.2, 0.25) is 0 Å². The number of Topliss-reactive ketones (excluding diaryl/α,β-unsaturated/α-hetero) is 1. The number of hydrogen-bond donors (Lipinski definition) is 0. The maximum absolute atomic E-state index is 12.8. The van der Waals surface area contributed by atoms with Crippen LogP contribution >= 0.6 is 11.3 Å². The number of aromatic nitrogens is 1. The number of thiazole rings is 1. The van der Waals surface area contributed by atoms with Crippen molar-refractivity contribution in [1.82, 2.24) is 4.98 Å². The van der Waals surface area contributed by atoms with Crippen LogP contribution in [0, 0.1) is 5.82 Å². The van der Waals surface area contributed by atoms with Crippen LogP contribution in [0.4, 0.5) is 4.39 Å². The molecule has 0 amide bonds. The summed E-state index contributed by atoms with van der Waals surface area (Å²) in [7, 11) is 0. The lowest BCUT2D eigenvalue weighted by atomic mass is 10.1. The van der Waals surface area contributed by atoms with E-state index in [0.29, 0.717) is 5.56 Å². The molecule has 0 spiro atoms. The molecule has 3 aromatic rings. The van der Waals surface area contributed by atoms with Gasteiger partial charge in [-0.1, -0.05) is 12.1 Å². The number of rotatable bonds is 6. The van der Waals surface area contributed by atoms with Gasteiger partial charge in [-0.05, 0) is 36.4 Å². The Morgan fingerprint density at radius 1 is 1.04 bits per heavy atom. The maximum Gasteiger partial charge on any atom is 0.306 e. The van der Waals surface area contributed by atoms with E-state index < -0.39 is 11.8 Å². The predicted molar refractivity (Wildman–Crippen MR) is 89.4 cm³/mol. The number of fused-ring (bicyclic) bond motifs is 1. The van der Waals surface area contributed by atoms with Crippen molar-refractivity contribution in [3.05, 3.63) is 64.9 Å². The Morgan fingerprint density at radius 3 is 2.54 bits per heavy atom. The van der Waals surface area contributed by atoms with Crippen molar-refractivity contribution in [3.63, 3.8) is 0 Å². The summed E-state index contributed by atoms with van der Waals surface area (Å²) in [6.07, 6.45) is 0.0193. The van der Waals surface area contributed by atoms with Crippen LogP contribution in [-0.4, -0.2) is 16.7 Å². The van der Waals surface area contributed by atoms with Gasteiger partial charge in [-0.3, -0.25) is 9.59 Å². The quantitative estimate of drug-likeness (QED) is 0.498. The second kappa shape index (κ2) is 7.31. The molecule has 0 radical (unpaired) electrons. The fraction of sp³-hybridized carbons (Fsp3) is 0.167. The summed E-state index contributed by atoms with van der Waals surface area (Å²) < 4.78 is 19.0. The van der Waals surface area contributed by atoms with E-state index in [1.165, 1.54) is 35.6 Å². The molecule has 6 heteroatoms. The van der Waals surface area contributed by atoms with Crippen molar-refractivity contribution < 1.29 is 18.7 Å². The number of ether oxygens (including phenoxy) is 1. The minimum Gasteiger partial charge on any atom is -0.458 e. The Balaban J connectivity index is 1.48. The SMILES string of the molecule is O=C(CCC(=O)c1ccc(F)cc1)OCc1nc2ccccc2s1. The minimum atomic E-state index is -0.454. The van der Waals surface area contributed by atoms with Crippen molar-refractivity contribution >= 4 is 33.3 Å². The zero-order valence-corrected chi connectivity index (χ0v) is 13.5. The molecule has 0 saturated carbocycles. The molecule has 0 fully saturated rings. The van der Waals surface area contributed by atoms with E-state index in [9.17, 15) is 14.0 Å². The highest BCUT2D eigenvalue weighted by molar-refractivity contribution is 7.18. The summed E-state index contributed by atoms with van der Waals surface area (Å²) in [6, 6.07) is 12.9. The van der Waals surface area contributed by atoms with Gasteiger partial charge >= 0.3 is 5.97 Å². The van der Waals surface area contributed by atoms with E-state index >= 15 is 0 Å². The Kier molecular flexibility index (Phi) is 4.96. The highest BCUT2D eigenvalue weighted by Crippen LogP contribution is 2.22. The summed E-state index contributed by atoms with van der Waals surface area (Å²) in [5, 5.41) is 0.717. The lowest BCUT2D eigenvalue weighted by molar-refractivity contribution is -0.144. The van der Waals surface area contributed by atoms with Gasteiger partial charge in [0, 0.05) is 12.0 Å². The fourth-order valence-corrected chi connectivity index (χ4v) is 3.07. The smallest absolute Gasteiger partial charge is 0.306 e. The van der Waals surface area contributed by atoms with E-state index in [1.54, 1.807) is 0 Å². The second-order valence-corrected chi connectivity index (χ2v) is 6.28. The Hall–Kier alpha value is -2.60. The molecule has 1 aromatic heterocycles. The predicted octanol–water partition coefficient (Wildman–Crippen LogP) is 4.14. The molecule has 4 nitrogen and oxygen atoms in total. The van der Waals surface area contributed by atoms with Crippen LogP contribution in [0.5, 0.6) is 0 Å². The number of halogens is 1. The van der Waals surface area contributed by atoms with E-state index in [1.807, 2.05) is 24.3 Å². The van der Waals surface area contributed by atoms with Gasteiger partial charge < -0.3 is 4.74 Å². The second-order valence-electron chi connectivity index (χ2n) is 5.17. The minimum absolute atomic E-state index is 0.0128. The first-order chi connectivity index (χ1) is 11.6. The van der Waals surface area contributed by atoms with E-state index in [0.717, 1.165) is 15.2 Å². The van der Waals surface area contributed by atoms with Crippen LogP contribution in [0.15, 0.2) is 48.5 Å². The third kappa shape index (κ3) is 4.02. The highest BCUT2D eigenvalue weighted by Gasteiger charge is 2.11. The molecular formula is C18H14FNO3S. The molecule has 24 heavy (non-hydrogen) atoms. The third-order valence-electron chi connectivity index (χ3n) is 3.42. The summed E-state index contributed by atoms with van der Waals surface area (Å²) in [4.78, 5) is 28.1. The van der Waals surface area contributed by atoms with Crippen molar-refractivity contribution in [3.8, 4) is 0 Å². The van der Waals surface area contributed by atoms with Gasteiger partial charge in [0.25, 0.3) is 0 Å².